The molecule has 7 aromatic carbocycles. The summed E-state index contributed by atoms with van der Waals surface area (Å²) in [6.45, 7) is 14.5. The first-order valence-corrected chi connectivity index (χ1v) is 20.6. The van der Waals surface area contributed by atoms with Gasteiger partial charge in [-0.05, 0) is 62.8 Å². The summed E-state index contributed by atoms with van der Waals surface area (Å²) >= 11 is 0. The summed E-state index contributed by atoms with van der Waals surface area (Å²) in [5.74, 6) is 1.84. The van der Waals surface area contributed by atoms with Gasteiger partial charge in [-0.15, -0.1) is 0 Å². The highest BCUT2D eigenvalue weighted by atomic mass is 15.2. The van der Waals surface area contributed by atoms with Gasteiger partial charge in [-0.3, -0.25) is 4.57 Å². The molecule has 0 saturated carbocycles. The average molecular weight is 764 g/mol. The number of aromatic nitrogens is 5. The molecule has 1 aliphatic carbocycles. The highest BCUT2D eigenvalue weighted by molar-refractivity contribution is 6.23. The highest BCUT2D eigenvalue weighted by Crippen LogP contribution is 2.61. The zero-order valence-corrected chi connectivity index (χ0v) is 34.3. The molecule has 10 aromatic rings. The van der Waals surface area contributed by atoms with Gasteiger partial charge in [0.05, 0.1) is 22.1 Å². The fourth-order valence-electron chi connectivity index (χ4n) is 9.94. The monoisotopic (exact) mass is 763 g/mol. The number of benzene rings is 7. The van der Waals surface area contributed by atoms with Crippen molar-refractivity contribution in [2.24, 2.45) is 5.41 Å². The van der Waals surface area contributed by atoms with Crippen molar-refractivity contribution in [1.29, 1.82) is 0 Å². The van der Waals surface area contributed by atoms with Crippen molar-refractivity contribution >= 4 is 43.6 Å². The normalized spacial score (nSPS) is 15.4. The van der Waals surface area contributed by atoms with E-state index < -0.39 is 0 Å². The van der Waals surface area contributed by atoms with Crippen LogP contribution in [0.5, 0.6) is 0 Å². The maximum Gasteiger partial charge on any atom is 0.238 e. The summed E-state index contributed by atoms with van der Waals surface area (Å²) in [5.41, 5.74) is 12.8. The lowest BCUT2D eigenvalue weighted by Gasteiger charge is -2.44. The predicted molar refractivity (Wildman–Crippen MR) is 245 cm³/mol. The van der Waals surface area contributed by atoms with Crippen LogP contribution in [0.15, 0.2) is 164 Å². The zero-order chi connectivity index (χ0) is 40.3. The van der Waals surface area contributed by atoms with Crippen molar-refractivity contribution in [2.75, 3.05) is 0 Å². The molecule has 5 heteroatoms. The molecule has 0 fully saturated rings. The van der Waals surface area contributed by atoms with E-state index in [-0.39, 0.29) is 16.2 Å². The molecule has 1 aliphatic rings. The number of hydrogen-bond acceptors (Lipinski definition) is 3. The molecule has 3 heterocycles. The van der Waals surface area contributed by atoms with Gasteiger partial charge in [-0.2, -0.15) is 9.97 Å². The van der Waals surface area contributed by atoms with Gasteiger partial charge in [0.2, 0.25) is 5.95 Å². The van der Waals surface area contributed by atoms with E-state index in [2.05, 4.69) is 178 Å². The second-order valence-corrected chi connectivity index (χ2v) is 17.8. The molecule has 59 heavy (non-hydrogen) atoms. The Morgan fingerprint density at radius 3 is 1.47 bits per heavy atom. The fourth-order valence-corrected chi connectivity index (χ4v) is 9.94. The summed E-state index contributed by atoms with van der Waals surface area (Å²) in [4.78, 5) is 15.6. The molecule has 0 radical (unpaired) electrons. The highest BCUT2D eigenvalue weighted by Gasteiger charge is 2.56. The van der Waals surface area contributed by atoms with Crippen LogP contribution in [-0.2, 0) is 10.8 Å². The second-order valence-electron chi connectivity index (χ2n) is 17.8. The molecule has 3 aromatic heterocycles. The third kappa shape index (κ3) is 5.00. The molecule has 11 rings (SSSR count). The Balaban J connectivity index is 1.21. The molecular formula is C54H45N5. The van der Waals surface area contributed by atoms with Crippen molar-refractivity contribution in [3.63, 3.8) is 0 Å². The smallest absolute Gasteiger partial charge is 0.238 e. The number of nitrogens with zero attached hydrogens (tertiary/aromatic N) is 5. The summed E-state index contributed by atoms with van der Waals surface area (Å²) in [6, 6.07) is 58.6. The minimum Gasteiger partial charge on any atom is -0.307 e. The lowest BCUT2D eigenvalue weighted by Crippen LogP contribution is -2.42. The third-order valence-corrected chi connectivity index (χ3v) is 14.3. The lowest BCUT2D eigenvalue weighted by atomic mass is 9.59. The molecule has 0 N–H and O–H groups in total. The first kappa shape index (κ1) is 35.3. The molecular weight excluding hydrogens is 719 g/mol. The van der Waals surface area contributed by atoms with Crippen LogP contribution >= 0.6 is 0 Å². The van der Waals surface area contributed by atoms with E-state index in [1.807, 2.05) is 36.4 Å². The standard InChI is InChI=1S/C54H45N5/c1-52(2)43-31-28-37(33-44(43)53(3,4)54(52,5)6)36-22-17-23-38(32-36)58-45-26-15-13-24-39(45)41-29-30-42-40-25-14-16-27-46(40)59(48(42)47(41)58)51-56-49(34-18-9-7-10-19-34)55-50(57-51)35-20-11-8-12-21-35/h7-33H,1-6H3. The third-order valence-electron chi connectivity index (χ3n) is 14.3. The van der Waals surface area contributed by atoms with E-state index in [4.69, 9.17) is 15.0 Å². The maximum atomic E-state index is 5.28. The zero-order valence-electron chi connectivity index (χ0n) is 34.3. The van der Waals surface area contributed by atoms with Gasteiger partial charge in [0.1, 0.15) is 0 Å². The Hall–Kier alpha value is -6.85. The topological polar surface area (TPSA) is 48.5 Å². The molecule has 0 saturated heterocycles. The van der Waals surface area contributed by atoms with Crippen LogP contribution in [0, 0.1) is 5.41 Å². The van der Waals surface area contributed by atoms with Crippen molar-refractivity contribution < 1.29 is 0 Å². The van der Waals surface area contributed by atoms with Gasteiger partial charge in [0, 0.05) is 38.4 Å². The molecule has 0 aliphatic heterocycles. The van der Waals surface area contributed by atoms with Crippen LogP contribution in [0.3, 0.4) is 0 Å². The number of hydrogen-bond donors (Lipinski definition) is 0. The van der Waals surface area contributed by atoms with Crippen LogP contribution in [0.1, 0.15) is 52.7 Å². The first-order chi connectivity index (χ1) is 28.5. The van der Waals surface area contributed by atoms with E-state index in [0.717, 1.165) is 49.7 Å². The second kappa shape index (κ2) is 12.6. The van der Waals surface area contributed by atoms with Crippen LogP contribution in [0.4, 0.5) is 0 Å². The lowest BCUT2D eigenvalue weighted by molar-refractivity contribution is 0.125. The Morgan fingerprint density at radius 1 is 0.373 bits per heavy atom. The van der Waals surface area contributed by atoms with Gasteiger partial charge in [0.25, 0.3) is 0 Å². The summed E-state index contributed by atoms with van der Waals surface area (Å²) in [5, 5.41) is 4.65. The number of rotatable bonds is 5. The van der Waals surface area contributed by atoms with E-state index in [1.165, 1.54) is 33.0 Å². The Kier molecular flexibility index (Phi) is 7.53. The summed E-state index contributed by atoms with van der Waals surface area (Å²) in [7, 11) is 0. The Bertz CT molecular complexity index is 3230. The van der Waals surface area contributed by atoms with Crippen LogP contribution < -0.4 is 0 Å². The Morgan fingerprint density at radius 2 is 0.864 bits per heavy atom. The maximum absolute atomic E-state index is 5.28. The van der Waals surface area contributed by atoms with E-state index in [0.29, 0.717) is 17.6 Å². The largest absolute Gasteiger partial charge is 0.307 e. The van der Waals surface area contributed by atoms with Crippen LogP contribution in [0.2, 0.25) is 0 Å². The SMILES string of the molecule is CC1(C)c2ccc(-c3cccc(-n4c5ccccc5c5ccc6c7ccccc7n(-c7nc(-c8ccccc8)nc(-c8ccccc8)n7)c6c54)c3)cc2C(C)(C)C1(C)C. The Labute approximate surface area is 344 Å². The fraction of sp³-hybridized carbons (Fsp3) is 0.167. The van der Waals surface area contributed by atoms with Crippen molar-refractivity contribution in [1.82, 2.24) is 24.1 Å². The summed E-state index contributed by atoms with van der Waals surface area (Å²) in [6.07, 6.45) is 0. The van der Waals surface area contributed by atoms with E-state index in [1.54, 1.807) is 0 Å². The minimum absolute atomic E-state index is 0.0150. The molecule has 0 atom stereocenters. The molecule has 5 nitrogen and oxygen atoms in total. The van der Waals surface area contributed by atoms with Gasteiger partial charge >= 0.3 is 0 Å². The first-order valence-electron chi connectivity index (χ1n) is 20.6. The predicted octanol–water partition coefficient (Wildman–Crippen LogP) is 13.7. The summed E-state index contributed by atoms with van der Waals surface area (Å²) < 4.78 is 4.71. The minimum atomic E-state index is 0.0150. The molecule has 0 amide bonds. The van der Waals surface area contributed by atoms with Crippen LogP contribution in [0.25, 0.3) is 89.2 Å². The van der Waals surface area contributed by atoms with Gasteiger partial charge in [0.15, 0.2) is 11.6 Å². The van der Waals surface area contributed by atoms with Crippen molar-refractivity contribution in [3.05, 3.63) is 175 Å². The number of para-hydroxylation sites is 2. The molecule has 0 spiro atoms. The quantitative estimate of drug-likeness (QED) is 0.175. The van der Waals surface area contributed by atoms with Crippen molar-refractivity contribution in [2.45, 2.75) is 52.4 Å². The van der Waals surface area contributed by atoms with Gasteiger partial charge in [-0.25, -0.2) is 4.98 Å². The van der Waals surface area contributed by atoms with Crippen LogP contribution in [-0.4, -0.2) is 24.1 Å². The molecule has 0 unspecified atom stereocenters. The van der Waals surface area contributed by atoms with E-state index >= 15 is 0 Å². The van der Waals surface area contributed by atoms with Crippen molar-refractivity contribution in [3.8, 4) is 45.5 Å². The van der Waals surface area contributed by atoms with Gasteiger partial charge < -0.3 is 4.57 Å². The molecule has 0 bridgehead atoms. The average Bonchev–Trinajstić information content (AvgIpc) is 3.82. The van der Waals surface area contributed by atoms with E-state index in [9.17, 15) is 0 Å². The van der Waals surface area contributed by atoms with Gasteiger partial charge in [-0.1, -0.05) is 181 Å². The number of fused-ring (bicyclic) bond motifs is 8. The molecule has 286 valence electrons.